The second-order valence-corrected chi connectivity index (χ2v) is 16.5. The van der Waals surface area contributed by atoms with Crippen LogP contribution in [0.25, 0.3) is 0 Å². The quantitative estimate of drug-likeness (QED) is 0.276. The Hall–Kier alpha value is 0.940. The minimum absolute atomic E-state index is 0. The first-order valence-electron chi connectivity index (χ1n) is 13.8. The van der Waals surface area contributed by atoms with Gasteiger partial charge in [0.05, 0.1) is 18.3 Å². The minimum atomic E-state index is -1.98. The van der Waals surface area contributed by atoms with Crippen molar-refractivity contribution >= 4 is 8.32 Å². The summed E-state index contributed by atoms with van der Waals surface area (Å²) in [5.74, 6) is 0. The molecule has 0 saturated heterocycles. The van der Waals surface area contributed by atoms with E-state index < -0.39 is 8.32 Å². The van der Waals surface area contributed by atoms with Crippen molar-refractivity contribution in [2.24, 2.45) is 0 Å². The van der Waals surface area contributed by atoms with Crippen LogP contribution in [-0.2, 0) is 26.2 Å². The predicted octanol–water partition coefficient (Wildman–Crippen LogP) is 7.09. The fourth-order valence-electron chi connectivity index (χ4n) is 5.24. The van der Waals surface area contributed by atoms with E-state index in [0.29, 0.717) is 16.6 Å². The van der Waals surface area contributed by atoms with Crippen LogP contribution in [0.15, 0.2) is 0 Å². The van der Waals surface area contributed by atoms with Gasteiger partial charge in [0.25, 0.3) is 0 Å². The largest absolute Gasteiger partial charge is 0.431 e. The molecule has 4 nitrogen and oxygen atoms in total. The maximum absolute atomic E-state index is 10.4. The van der Waals surface area contributed by atoms with Crippen molar-refractivity contribution in [2.75, 3.05) is 0 Å². The number of aliphatic hydroxyl groups excluding tert-OH is 3. The minimum Gasteiger partial charge on any atom is -0.431 e. The molecule has 198 valence electrons. The third-order valence-corrected chi connectivity index (χ3v) is 13.0. The van der Waals surface area contributed by atoms with E-state index in [-0.39, 0.29) is 44.5 Å². The monoisotopic (exact) mass is 564 g/mol. The van der Waals surface area contributed by atoms with E-state index in [1.165, 1.54) is 57.8 Å². The van der Waals surface area contributed by atoms with Gasteiger partial charge in [0.1, 0.15) is 0 Å². The van der Waals surface area contributed by atoms with E-state index in [2.05, 4.69) is 41.5 Å². The summed E-state index contributed by atoms with van der Waals surface area (Å²) >= 11 is 0. The third kappa shape index (κ3) is 17.1. The van der Waals surface area contributed by atoms with Gasteiger partial charge in [-0.1, -0.05) is 99.3 Å². The standard InChI is InChI=1S/C9H22OSi.3C6H12O.Zr/c1-7(2)11(10,8(3)4)9(5)6;3*7-6-4-2-1-3-5-6;/h7-10H,1-6H3;3*6-7H,1-5H2;. The second kappa shape index (κ2) is 21.1. The van der Waals surface area contributed by atoms with Gasteiger partial charge in [-0.3, -0.25) is 0 Å². The summed E-state index contributed by atoms with van der Waals surface area (Å²) in [7, 11) is -1.98. The summed E-state index contributed by atoms with van der Waals surface area (Å²) in [6, 6.07) is 0. The Balaban J connectivity index is 0. The van der Waals surface area contributed by atoms with Gasteiger partial charge in [-0.25, -0.2) is 0 Å². The van der Waals surface area contributed by atoms with Crippen LogP contribution in [0.3, 0.4) is 0 Å². The average molecular weight is 566 g/mol. The van der Waals surface area contributed by atoms with E-state index in [0.717, 1.165) is 38.5 Å². The summed E-state index contributed by atoms with van der Waals surface area (Å²) in [5, 5.41) is 26.7. The van der Waals surface area contributed by atoms with Crippen molar-refractivity contribution in [1.82, 2.24) is 0 Å². The molecule has 33 heavy (non-hydrogen) atoms. The molecule has 3 fully saturated rings. The second-order valence-electron chi connectivity index (χ2n) is 11.2. The molecule has 0 unspecified atom stereocenters. The molecule has 0 amide bonds. The Bertz CT molecular complexity index is 357. The molecule has 0 bridgehead atoms. The van der Waals surface area contributed by atoms with Crippen molar-refractivity contribution in [2.45, 2.75) is 173 Å². The first kappa shape index (κ1) is 36.1. The summed E-state index contributed by atoms with van der Waals surface area (Å²) < 4.78 is 0. The zero-order valence-electron chi connectivity index (χ0n) is 22.9. The number of rotatable bonds is 3. The van der Waals surface area contributed by atoms with Crippen LogP contribution >= 0.6 is 0 Å². The number of hydrogen-bond acceptors (Lipinski definition) is 4. The maximum atomic E-state index is 10.4. The summed E-state index contributed by atoms with van der Waals surface area (Å²) in [6.07, 6.45) is 17.8. The first-order chi connectivity index (χ1) is 15.0. The molecule has 6 heteroatoms. The van der Waals surface area contributed by atoms with Gasteiger partial charge in [-0.2, -0.15) is 0 Å². The van der Waals surface area contributed by atoms with Gasteiger partial charge in [-0.15, -0.1) is 0 Å². The number of aliphatic hydroxyl groups is 3. The van der Waals surface area contributed by atoms with Gasteiger partial charge in [0.15, 0.2) is 8.32 Å². The molecule has 0 aromatic heterocycles. The van der Waals surface area contributed by atoms with Crippen LogP contribution in [0.2, 0.25) is 16.6 Å². The molecular weight excluding hydrogens is 508 g/mol. The van der Waals surface area contributed by atoms with Gasteiger partial charge in [0.2, 0.25) is 0 Å². The van der Waals surface area contributed by atoms with E-state index in [1.54, 1.807) is 0 Å². The Kier molecular flexibility index (Phi) is 23.0. The topological polar surface area (TPSA) is 80.9 Å². The molecule has 0 aromatic rings. The molecule has 0 spiro atoms. The fourth-order valence-corrected chi connectivity index (χ4v) is 9.24. The SMILES string of the molecule is CC(C)[Si](O)(C(C)C)C(C)C.OC1CCCCC1.OC1CCCCC1.OC1CCCCC1.[Zr]. The van der Waals surface area contributed by atoms with Crippen LogP contribution in [0, 0.1) is 0 Å². The van der Waals surface area contributed by atoms with Crippen molar-refractivity contribution in [3.05, 3.63) is 0 Å². The third-order valence-electron chi connectivity index (χ3n) is 7.50. The molecule has 0 radical (unpaired) electrons. The van der Waals surface area contributed by atoms with E-state index >= 15 is 0 Å². The zero-order chi connectivity index (χ0) is 24.6. The van der Waals surface area contributed by atoms with E-state index in [9.17, 15) is 4.80 Å². The normalized spacial score (nSPS) is 20.6. The maximum Gasteiger partial charge on any atom is 0.196 e. The van der Waals surface area contributed by atoms with Crippen molar-refractivity contribution in [3.63, 3.8) is 0 Å². The molecule has 3 aliphatic rings. The molecule has 4 N–H and O–H groups in total. The van der Waals surface area contributed by atoms with Gasteiger partial charge >= 0.3 is 0 Å². The zero-order valence-corrected chi connectivity index (χ0v) is 26.3. The number of hydrogen-bond donors (Lipinski definition) is 4. The first-order valence-corrected chi connectivity index (χ1v) is 16.0. The molecule has 3 aliphatic carbocycles. The predicted molar refractivity (Wildman–Crippen MR) is 141 cm³/mol. The van der Waals surface area contributed by atoms with Crippen LogP contribution < -0.4 is 0 Å². The molecule has 0 atom stereocenters. The van der Waals surface area contributed by atoms with Crippen LogP contribution in [0.4, 0.5) is 0 Å². The van der Waals surface area contributed by atoms with Gasteiger partial charge < -0.3 is 20.1 Å². The molecule has 3 rings (SSSR count). The Morgan fingerprint density at radius 3 is 0.697 bits per heavy atom. The van der Waals surface area contributed by atoms with E-state index in [4.69, 9.17) is 15.3 Å². The Morgan fingerprint density at radius 1 is 0.455 bits per heavy atom. The molecule has 0 aromatic carbocycles. The van der Waals surface area contributed by atoms with Crippen LogP contribution in [0.5, 0.6) is 0 Å². The van der Waals surface area contributed by atoms with E-state index in [1.807, 2.05) is 0 Å². The smallest absolute Gasteiger partial charge is 0.196 e. The molecule has 0 aliphatic heterocycles. The summed E-state index contributed by atoms with van der Waals surface area (Å²) in [4.78, 5) is 10.4. The Morgan fingerprint density at radius 2 is 0.636 bits per heavy atom. The molecular formula is C27H58O4SiZr. The molecule has 0 heterocycles. The van der Waals surface area contributed by atoms with Crippen molar-refractivity contribution < 1.29 is 46.3 Å². The van der Waals surface area contributed by atoms with Crippen molar-refractivity contribution in [3.8, 4) is 0 Å². The summed E-state index contributed by atoms with van der Waals surface area (Å²) in [5.41, 5.74) is 1.42. The Labute approximate surface area is 226 Å². The average Bonchev–Trinajstić information content (AvgIpc) is 2.75. The van der Waals surface area contributed by atoms with Crippen LogP contribution in [-0.4, -0.2) is 46.7 Å². The van der Waals surface area contributed by atoms with Crippen molar-refractivity contribution in [1.29, 1.82) is 0 Å². The fraction of sp³-hybridized carbons (Fsp3) is 1.00. The van der Waals surface area contributed by atoms with Gasteiger partial charge in [0, 0.05) is 26.2 Å². The molecule has 3 saturated carbocycles. The summed E-state index contributed by atoms with van der Waals surface area (Å²) in [6.45, 7) is 12.9. The van der Waals surface area contributed by atoms with Crippen LogP contribution in [0.1, 0.15) is 138 Å². The van der Waals surface area contributed by atoms with Gasteiger partial charge in [-0.05, 0) is 55.1 Å².